The standard InChI is InChI=1S/C16H28O2/c1-3-5-6-7-8-9-10-11-12-14-15(13-4-2)16(17)18/h4,6-7,15H,2-3,5,8-14H2,1H3,(H,17,18). The number of unbranched alkanes of at least 4 members (excludes halogenated alkanes) is 5. The Morgan fingerprint density at radius 3 is 2.44 bits per heavy atom. The van der Waals surface area contributed by atoms with Crippen LogP contribution in [0.4, 0.5) is 0 Å². The molecule has 1 atom stereocenters. The van der Waals surface area contributed by atoms with E-state index in [1.807, 2.05) is 0 Å². The topological polar surface area (TPSA) is 37.3 Å². The SMILES string of the molecule is C=CCC(CCCCCCC=CCCC)C(=O)O. The van der Waals surface area contributed by atoms with Crippen molar-refractivity contribution < 1.29 is 9.90 Å². The highest BCUT2D eigenvalue weighted by atomic mass is 16.4. The van der Waals surface area contributed by atoms with Gasteiger partial charge in [0.25, 0.3) is 0 Å². The van der Waals surface area contributed by atoms with Crippen molar-refractivity contribution in [3.05, 3.63) is 24.8 Å². The highest BCUT2D eigenvalue weighted by Gasteiger charge is 2.14. The van der Waals surface area contributed by atoms with E-state index < -0.39 is 5.97 Å². The molecule has 0 rings (SSSR count). The number of aliphatic carboxylic acids is 1. The molecule has 0 aromatic carbocycles. The molecule has 0 fully saturated rings. The molecule has 0 aromatic heterocycles. The van der Waals surface area contributed by atoms with E-state index >= 15 is 0 Å². The van der Waals surface area contributed by atoms with Gasteiger partial charge in [-0.05, 0) is 32.1 Å². The quantitative estimate of drug-likeness (QED) is 0.394. The maximum absolute atomic E-state index is 10.9. The van der Waals surface area contributed by atoms with E-state index in [9.17, 15) is 4.79 Å². The molecule has 2 nitrogen and oxygen atoms in total. The van der Waals surface area contributed by atoms with Gasteiger partial charge in [-0.25, -0.2) is 0 Å². The van der Waals surface area contributed by atoms with E-state index in [4.69, 9.17) is 5.11 Å². The molecular weight excluding hydrogens is 224 g/mol. The third-order valence-electron chi connectivity index (χ3n) is 3.10. The first-order valence-electron chi connectivity index (χ1n) is 7.21. The first-order valence-corrected chi connectivity index (χ1v) is 7.21. The monoisotopic (exact) mass is 252 g/mol. The van der Waals surface area contributed by atoms with Crippen molar-refractivity contribution in [2.24, 2.45) is 5.92 Å². The Labute approximate surface area is 112 Å². The zero-order valence-electron chi connectivity index (χ0n) is 11.7. The van der Waals surface area contributed by atoms with Crippen LogP contribution in [0.2, 0.25) is 0 Å². The summed E-state index contributed by atoms with van der Waals surface area (Å²) >= 11 is 0. The second kappa shape index (κ2) is 12.4. The molecule has 0 bridgehead atoms. The van der Waals surface area contributed by atoms with E-state index in [2.05, 4.69) is 25.7 Å². The molecule has 0 heterocycles. The van der Waals surface area contributed by atoms with Gasteiger partial charge in [0.05, 0.1) is 5.92 Å². The third-order valence-corrected chi connectivity index (χ3v) is 3.10. The summed E-state index contributed by atoms with van der Waals surface area (Å²) in [5.74, 6) is -0.913. The van der Waals surface area contributed by atoms with Crippen LogP contribution in [0.15, 0.2) is 24.8 Å². The Morgan fingerprint density at radius 2 is 1.83 bits per heavy atom. The van der Waals surface area contributed by atoms with Crippen molar-refractivity contribution in [1.29, 1.82) is 0 Å². The second-order valence-corrected chi connectivity index (χ2v) is 4.81. The van der Waals surface area contributed by atoms with Crippen LogP contribution in [0, 0.1) is 5.92 Å². The van der Waals surface area contributed by atoms with Crippen LogP contribution >= 0.6 is 0 Å². The molecule has 0 saturated heterocycles. The normalized spacial score (nSPS) is 12.7. The average molecular weight is 252 g/mol. The molecule has 0 aromatic rings. The number of carbonyl (C=O) groups is 1. The summed E-state index contributed by atoms with van der Waals surface area (Å²) in [7, 11) is 0. The van der Waals surface area contributed by atoms with Gasteiger partial charge in [-0.1, -0.05) is 50.8 Å². The lowest BCUT2D eigenvalue weighted by atomic mass is 9.97. The fourth-order valence-corrected chi connectivity index (χ4v) is 1.95. The smallest absolute Gasteiger partial charge is 0.306 e. The Bertz CT molecular complexity index is 243. The van der Waals surface area contributed by atoms with Gasteiger partial charge in [0.2, 0.25) is 0 Å². The van der Waals surface area contributed by atoms with Crippen LogP contribution in [0.3, 0.4) is 0 Å². The predicted octanol–water partition coefficient (Wildman–Crippen LogP) is 4.96. The Morgan fingerprint density at radius 1 is 1.17 bits per heavy atom. The predicted molar refractivity (Wildman–Crippen MR) is 77.7 cm³/mol. The molecule has 0 aliphatic carbocycles. The van der Waals surface area contributed by atoms with E-state index in [0.29, 0.717) is 6.42 Å². The van der Waals surface area contributed by atoms with Crippen LogP contribution in [0.5, 0.6) is 0 Å². The fourth-order valence-electron chi connectivity index (χ4n) is 1.95. The van der Waals surface area contributed by atoms with Crippen LogP contribution in [0.1, 0.15) is 64.7 Å². The van der Waals surface area contributed by atoms with Gasteiger partial charge in [-0.2, -0.15) is 0 Å². The minimum atomic E-state index is -0.683. The first kappa shape index (κ1) is 16.9. The summed E-state index contributed by atoms with van der Waals surface area (Å²) < 4.78 is 0. The van der Waals surface area contributed by atoms with Crippen molar-refractivity contribution in [3.63, 3.8) is 0 Å². The van der Waals surface area contributed by atoms with E-state index in [1.54, 1.807) is 6.08 Å². The molecule has 0 aliphatic heterocycles. The lowest BCUT2D eigenvalue weighted by Crippen LogP contribution is -2.12. The molecule has 0 amide bonds. The van der Waals surface area contributed by atoms with Gasteiger partial charge in [0.1, 0.15) is 0 Å². The molecule has 0 radical (unpaired) electrons. The molecule has 1 unspecified atom stereocenters. The zero-order chi connectivity index (χ0) is 13.6. The van der Waals surface area contributed by atoms with Gasteiger partial charge in [0.15, 0.2) is 0 Å². The first-order chi connectivity index (χ1) is 8.72. The molecule has 18 heavy (non-hydrogen) atoms. The number of hydrogen-bond acceptors (Lipinski definition) is 1. The van der Waals surface area contributed by atoms with E-state index in [1.165, 1.54) is 25.7 Å². The maximum Gasteiger partial charge on any atom is 0.306 e. The summed E-state index contributed by atoms with van der Waals surface area (Å²) in [4.78, 5) is 10.9. The van der Waals surface area contributed by atoms with Crippen molar-refractivity contribution in [3.8, 4) is 0 Å². The maximum atomic E-state index is 10.9. The Kier molecular flexibility index (Phi) is 11.7. The van der Waals surface area contributed by atoms with Gasteiger partial charge < -0.3 is 5.11 Å². The van der Waals surface area contributed by atoms with Crippen LogP contribution in [-0.2, 0) is 4.79 Å². The lowest BCUT2D eigenvalue weighted by Gasteiger charge is -2.09. The number of rotatable bonds is 12. The summed E-state index contributed by atoms with van der Waals surface area (Å²) in [5, 5.41) is 8.97. The highest BCUT2D eigenvalue weighted by molar-refractivity contribution is 5.70. The van der Waals surface area contributed by atoms with Crippen molar-refractivity contribution in [2.75, 3.05) is 0 Å². The third kappa shape index (κ3) is 10.1. The molecule has 2 heteroatoms. The molecular formula is C16H28O2. The summed E-state index contributed by atoms with van der Waals surface area (Å²) in [5.41, 5.74) is 0. The van der Waals surface area contributed by atoms with Crippen LogP contribution in [-0.4, -0.2) is 11.1 Å². The minimum Gasteiger partial charge on any atom is -0.481 e. The number of allylic oxidation sites excluding steroid dienone is 3. The van der Waals surface area contributed by atoms with Gasteiger partial charge >= 0.3 is 5.97 Å². The van der Waals surface area contributed by atoms with Gasteiger partial charge in [-0.3, -0.25) is 4.79 Å². The molecule has 0 aliphatic rings. The zero-order valence-corrected chi connectivity index (χ0v) is 11.7. The Hall–Kier alpha value is -1.05. The summed E-state index contributed by atoms with van der Waals surface area (Å²) in [6.07, 6.45) is 15.8. The average Bonchev–Trinajstić information content (AvgIpc) is 2.35. The lowest BCUT2D eigenvalue weighted by molar-refractivity contribution is -0.141. The molecule has 0 spiro atoms. The molecule has 104 valence electrons. The van der Waals surface area contributed by atoms with Gasteiger partial charge in [-0.15, -0.1) is 6.58 Å². The van der Waals surface area contributed by atoms with E-state index in [-0.39, 0.29) is 5.92 Å². The number of carboxylic acids is 1. The highest BCUT2D eigenvalue weighted by Crippen LogP contribution is 2.15. The summed E-state index contributed by atoms with van der Waals surface area (Å²) in [6, 6.07) is 0. The number of hydrogen-bond donors (Lipinski definition) is 1. The van der Waals surface area contributed by atoms with Crippen molar-refractivity contribution in [2.45, 2.75) is 64.7 Å². The Balaban J connectivity index is 3.43. The van der Waals surface area contributed by atoms with Gasteiger partial charge in [0, 0.05) is 0 Å². The van der Waals surface area contributed by atoms with E-state index in [0.717, 1.165) is 25.7 Å². The largest absolute Gasteiger partial charge is 0.481 e. The second-order valence-electron chi connectivity index (χ2n) is 4.81. The van der Waals surface area contributed by atoms with Crippen molar-refractivity contribution >= 4 is 5.97 Å². The fraction of sp³-hybridized carbons (Fsp3) is 0.688. The molecule has 1 N–H and O–H groups in total. The number of carboxylic acid groups (broad SMARTS) is 1. The molecule has 0 saturated carbocycles. The van der Waals surface area contributed by atoms with Crippen LogP contribution < -0.4 is 0 Å². The minimum absolute atomic E-state index is 0.230. The summed E-state index contributed by atoms with van der Waals surface area (Å²) in [6.45, 7) is 5.79. The van der Waals surface area contributed by atoms with Crippen LogP contribution in [0.25, 0.3) is 0 Å². The van der Waals surface area contributed by atoms with Crippen molar-refractivity contribution in [1.82, 2.24) is 0 Å².